The summed E-state index contributed by atoms with van der Waals surface area (Å²) in [5.41, 5.74) is 0.450. The fourth-order valence-corrected chi connectivity index (χ4v) is 2.17. The lowest BCUT2D eigenvalue weighted by Crippen LogP contribution is -2.22. The second-order valence-electron chi connectivity index (χ2n) is 4.05. The summed E-state index contributed by atoms with van der Waals surface area (Å²) in [5, 5.41) is 18.9. The van der Waals surface area contributed by atoms with Crippen molar-refractivity contribution < 1.29 is 14.9 Å². The molecule has 1 aromatic carbocycles. The topological polar surface area (TPSA) is 49.7 Å². The van der Waals surface area contributed by atoms with Crippen molar-refractivity contribution in [2.24, 2.45) is 0 Å². The summed E-state index contributed by atoms with van der Waals surface area (Å²) < 4.78 is 5.80. The number of aliphatic hydroxyl groups is 1. The summed E-state index contributed by atoms with van der Waals surface area (Å²) in [7, 11) is 1.50. The Morgan fingerprint density at radius 3 is 2.47 bits per heavy atom. The molecule has 0 unspecified atom stereocenters. The largest absolute Gasteiger partial charge is 0.504 e. The quantitative estimate of drug-likeness (QED) is 0.890. The highest BCUT2D eigenvalue weighted by Gasteiger charge is 2.23. The highest BCUT2D eigenvalue weighted by molar-refractivity contribution is 9.10. The number of aliphatic hydroxyl groups excluding tert-OH is 1. The van der Waals surface area contributed by atoms with E-state index in [9.17, 15) is 10.2 Å². The molecule has 4 heteroatoms. The van der Waals surface area contributed by atoms with E-state index in [1.165, 1.54) is 7.11 Å². The standard InChI is InChI=1S/C11H15BrO3/c1-11(2,6-13)7-4-9(14)10(15-3)5-8(7)12/h4-5,13-14H,6H2,1-3H3. The van der Waals surface area contributed by atoms with Crippen LogP contribution in [-0.2, 0) is 5.41 Å². The molecule has 1 rings (SSSR count). The van der Waals surface area contributed by atoms with Crippen molar-refractivity contribution >= 4 is 15.9 Å². The minimum absolute atomic E-state index is 0.0113. The molecule has 0 radical (unpaired) electrons. The van der Waals surface area contributed by atoms with Crippen molar-refractivity contribution in [3.63, 3.8) is 0 Å². The molecule has 2 N–H and O–H groups in total. The van der Waals surface area contributed by atoms with Crippen molar-refractivity contribution in [1.29, 1.82) is 0 Å². The summed E-state index contributed by atoms with van der Waals surface area (Å²) in [6, 6.07) is 3.31. The van der Waals surface area contributed by atoms with Gasteiger partial charge in [0, 0.05) is 9.89 Å². The molecular formula is C11H15BrO3. The van der Waals surface area contributed by atoms with E-state index in [1.54, 1.807) is 12.1 Å². The molecular weight excluding hydrogens is 260 g/mol. The molecule has 0 aliphatic rings. The third kappa shape index (κ3) is 2.44. The maximum absolute atomic E-state index is 9.65. The van der Waals surface area contributed by atoms with Gasteiger partial charge in [0.05, 0.1) is 13.7 Å². The van der Waals surface area contributed by atoms with E-state index in [4.69, 9.17) is 4.74 Å². The lowest BCUT2D eigenvalue weighted by molar-refractivity contribution is 0.217. The van der Waals surface area contributed by atoms with Gasteiger partial charge in [0.1, 0.15) is 0 Å². The van der Waals surface area contributed by atoms with Crippen LogP contribution in [0.5, 0.6) is 11.5 Å². The number of phenolic OH excluding ortho intramolecular Hbond substituents is 1. The normalized spacial score (nSPS) is 11.5. The van der Waals surface area contributed by atoms with Gasteiger partial charge in [0.25, 0.3) is 0 Å². The van der Waals surface area contributed by atoms with E-state index in [2.05, 4.69) is 15.9 Å². The number of aromatic hydroxyl groups is 1. The van der Waals surface area contributed by atoms with Gasteiger partial charge in [0.15, 0.2) is 11.5 Å². The van der Waals surface area contributed by atoms with Gasteiger partial charge in [-0.3, -0.25) is 0 Å². The third-order valence-electron chi connectivity index (χ3n) is 2.39. The van der Waals surface area contributed by atoms with Crippen molar-refractivity contribution in [3.8, 4) is 11.5 Å². The summed E-state index contributed by atoms with van der Waals surface area (Å²) in [6.07, 6.45) is 0. The fraction of sp³-hybridized carbons (Fsp3) is 0.455. The molecule has 0 bridgehead atoms. The Kier molecular flexibility index (Phi) is 3.62. The minimum atomic E-state index is -0.400. The zero-order valence-corrected chi connectivity index (χ0v) is 10.6. The Bertz CT molecular complexity index is 361. The SMILES string of the molecule is COc1cc(Br)c(C(C)(C)CO)cc1O. The van der Waals surface area contributed by atoms with Crippen LogP contribution < -0.4 is 4.74 Å². The summed E-state index contributed by atoms with van der Waals surface area (Å²) in [4.78, 5) is 0. The monoisotopic (exact) mass is 274 g/mol. The van der Waals surface area contributed by atoms with E-state index in [0.29, 0.717) is 5.75 Å². The number of ether oxygens (including phenoxy) is 1. The molecule has 0 aliphatic carbocycles. The highest BCUT2D eigenvalue weighted by Crippen LogP contribution is 2.38. The molecule has 1 aromatic rings. The van der Waals surface area contributed by atoms with E-state index in [0.717, 1.165) is 10.0 Å². The van der Waals surface area contributed by atoms with Crippen molar-refractivity contribution in [2.45, 2.75) is 19.3 Å². The Morgan fingerprint density at radius 2 is 2.00 bits per heavy atom. The number of hydrogen-bond acceptors (Lipinski definition) is 3. The summed E-state index contributed by atoms with van der Waals surface area (Å²) >= 11 is 3.40. The zero-order chi connectivity index (χ0) is 11.6. The molecule has 0 aliphatic heterocycles. The van der Waals surface area contributed by atoms with Crippen LogP contribution in [0, 0.1) is 0 Å². The number of methoxy groups -OCH3 is 1. The third-order valence-corrected chi connectivity index (χ3v) is 3.05. The molecule has 84 valence electrons. The maximum atomic E-state index is 9.65. The number of phenols is 1. The molecule has 15 heavy (non-hydrogen) atoms. The van der Waals surface area contributed by atoms with Crippen LogP contribution in [0.2, 0.25) is 0 Å². The Hall–Kier alpha value is -0.740. The first kappa shape index (κ1) is 12.3. The number of hydrogen-bond donors (Lipinski definition) is 2. The van der Waals surface area contributed by atoms with Gasteiger partial charge in [-0.2, -0.15) is 0 Å². The minimum Gasteiger partial charge on any atom is -0.504 e. The Labute approximate surface area is 97.8 Å². The van der Waals surface area contributed by atoms with Crippen LogP contribution in [0.25, 0.3) is 0 Å². The van der Waals surface area contributed by atoms with Crippen molar-refractivity contribution in [3.05, 3.63) is 22.2 Å². The van der Waals surface area contributed by atoms with Crippen LogP contribution in [0.1, 0.15) is 19.4 Å². The smallest absolute Gasteiger partial charge is 0.161 e. The van der Waals surface area contributed by atoms with E-state index in [-0.39, 0.29) is 12.4 Å². The summed E-state index contributed by atoms with van der Waals surface area (Å²) in [5.74, 6) is 0.497. The second kappa shape index (κ2) is 4.41. The molecule has 0 amide bonds. The lowest BCUT2D eigenvalue weighted by Gasteiger charge is -2.24. The zero-order valence-electron chi connectivity index (χ0n) is 9.04. The van der Waals surface area contributed by atoms with Gasteiger partial charge in [-0.1, -0.05) is 29.8 Å². The Balaban J connectivity index is 3.28. The molecule has 3 nitrogen and oxygen atoms in total. The van der Waals surface area contributed by atoms with Crippen LogP contribution >= 0.6 is 15.9 Å². The van der Waals surface area contributed by atoms with Crippen LogP contribution in [0.3, 0.4) is 0 Å². The van der Waals surface area contributed by atoms with Crippen molar-refractivity contribution in [1.82, 2.24) is 0 Å². The van der Waals surface area contributed by atoms with Gasteiger partial charge in [-0.25, -0.2) is 0 Å². The summed E-state index contributed by atoms with van der Waals surface area (Å²) in [6.45, 7) is 3.81. The number of halogens is 1. The van der Waals surface area contributed by atoms with Crippen LogP contribution in [0.15, 0.2) is 16.6 Å². The van der Waals surface area contributed by atoms with Gasteiger partial charge in [-0.15, -0.1) is 0 Å². The van der Waals surface area contributed by atoms with Gasteiger partial charge < -0.3 is 14.9 Å². The van der Waals surface area contributed by atoms with Gasteiger partial charge >= 0.3 is 0 Å². The van der Waals surface area contributed by atoms with E-state index in [1.807, 2.05) is 13.8 Å². The maximum Gasteiger partial charge on any atom is 0.161 e. The van der Waals surface area contributed by atoms with Gasteiger partial charge in [0.2, 0.25) is 0 Å². The first-order valence-corrected chi connectivity index (χ1v) is 5.39. The Morgan fingerprint density at radius 1 is 1.40 bits per heavy atom. The molecule has 0 heterocycles. The van der Waals surface area contributed by atoms with E-state index >= 15 is 0 Å². The number of benzene rings is 1. The molecule has 0 saturated heterocycles. The molecule has 0 atom stereocenters. The van der Waals surface area contributed by atoms with Crippen LogP contribution in [-0.4, -0.2) is 23.9 Å². The highest BCUT2D eigenvalue weighted by atomic mass is 79.9. The number of rotatable bonds is 3. The average molecular weight is 275 g/mol. The van der Waals surface area contributed by atoms with E-state index < -0.39 is 5.41 Å². The van der Waals surface area contributed by atoms with Gasteiger partial charge in [-0.05, 0) is 17.7 Å². The molecule has 0 saturated carbocycles. The first-order chi connectivity index (χ1) is 6.92. The average Bonchev–Trinajstić information content (AvgIpc) is 2.20. The van der Waals surface area contributed by atoms with Crippen LogP contribution in [0.4, 0.5) is 0 Å². The predicted octanol–water partition coefficient (Wildman–Crippen LogP) is 2.43. The fourth-order valence-electron chi connectivity index (χ4n) is 1.31. The first-order valence-electron chi connectivity index (χ1n) is 4.60. The van der Waals surface area contributed by atoms with Crippen molar-refractivity contribution in [2.75, 3.05) is 13.7 Å². The molecule has 0 fully saturated rings. The predicted molar refractivity (Wildman–Crippen MR) is 62.5 cm³/mol. The second-order valence-corrected chi connectivity index (χ2v) is 4.90. The lowest BCUT2D eigenvalue weighted by atomic mass is 9.85. The molecule has 0 aromatic heterocycles. The molecule has 0 spiro atoms.